The number of amides is 1. The second kappa shape index (κ2) is 7.64. The van der Waals surface area contributed by atoms with Crippen LogP contribution in [0.2, 0.25) is 0 Å². The number of rotatable bonds is 5. The maximum absolute atomic E-state index is 12.5. The van der Waals surface area contributed by atoms with E-state index in [-0.39, 0.29) is 9.92 Å². The fourth-order valence-electron chi connectivity index (χ4n) is 1.82. The molecule has 140 valence electrons. The molecule has 1 unspecified atom stereocenters. The van der Waals surface area contributed by atoms with E-state index in [1.165, 1.54) is 30.3 Å². The lowest BCUT2D eigenvalue weighted by Gasteiger charge is -2.12. The first-order chi connectivity index (χ1) is 12.0. The van der Waals surface area contributed by atoms with Gasteiger partial charge in [0, 0.05) is 11.9 Å². The highest BCUT2D eigenvalue weighted by atomic mass is 32.2. The van der Waals surface area contributed by atoms with Crippen LogP contribution in [0.15, 0.2) is 52.5 Å². The summed E-state index contributed by atoms with van der Waals surface area (Å²) in [6.07, 6.45) is -3.76. The van der Waals surface area contributed by atoms with Crippen LogP contribution in [0.5, 0.6) is 0 Å². The second-order valence-corrected chi connectivity index (χ2v) is 8.12. The second-order valence-electron chi connectivity index (χ2n) is 5.20. The van der Waals surface area contributed by atoms with Gasteiger partial charge in [0.2, 0.25) is 15.9 Å². The highest BCUT2D eigenvalue weighted by Gasteiger charge is 2.30. The third-order valence-corrected chi connectivity index (χ3v) is 5.16. The molecule has 1 amide bonds. The summed E-state index contributed by atoms with van der Waals surface area (Å²) >= 11 is 0.991. The fourth-order valence-corrected chi connectivity index (χ4v) is 3.13. The molecule has 0 radical (unpaired) electrons. The largest absolute Gasteiger partial charge is 0.417 e. The zero-order valence-electron chi connectivity index (χ0n) is 13.3. The number of alkyl halides is 3. The first-order valence-corrected chi connectivity index (χ1v) is 9.53. The van der Waals surface area contributed by atoms with Gasteiger partial charge in [-0.15, -0.1) is 0 Å². The molecular weight excluding hydrogens is 391 g/mol. The molecule has 3 N–H and O–H groups in total. The highest BCUT2D eigenvalue weighted by Crippen LogP contribution is 2.30. The van der Waals surface area contributed by atoms with E-state index in [2.05, 4.69) is 10.3 Å². The van der Waals surface area contributed by atoms with Crippen molar-refractivity contribution in [3.63, 3.8) is 0 Å². The number of carbonyl (C=O) groups excluding carboxylic acids is 1. The number of nitrogens with zero attached hydrogens (tertiary/aromatic N) is 1. The predicted octanol–water partition coefficient (Wildman–Crippen LogP) is 2.87. The minimum atomic E-state index is -4.47. The predicted molar refractivity (Wildman–Crippen MR) is 91.0 cm³/mol. The zero-order chi connectivity index (χ0) is 19.5. The Morgan fingerprint density at radius 1 is 1.19 bits per heavy atom. The number of halogens is 3. The molecular formula is C15H14F3N3O3S2. The van der Waals surface area contributed by atoms with E-state index in [1.54, 1.807) is 6.92 Å². The molecule has 11 heteroatoms. The molecule has 1 atom stereocenters. The van der Waals surface area contributed by atoms with Crippen LogP contribution in [0.3, 0.4) is 0 Å². The summed E-state index contributed by atoms with van der Waals surface area (Å²) in [5.41, 5.74) is -0.510. The maximum atomic E-state index is 12.5. The van der Waals surface area contributed by atoms with Crippen LogP contribution < -0.4 is 10.5 Å². The number of anilines is 1. The number of pyridine rings is 1. The Morgan fingerprint density at radius 2 is 1.81 bits per heavy atom. The summed E-state index contributed by atoms with van der Waals surface area (Å²) in [6.45, 7) is 1.57. The molecule has 6 nitrogen and oxygen atoms in total. The van der Waals surface area contributed by atoms with Gasteiger partial charge >= 0.3 is 6.18 Å². The van der Waals surface area contributed by atoms with E-state index < -0.39 is 32.9 Å². The Labute approximate surface area is 152 Å². The molecule has 2 aromatic rings. The molecule has 0 aliphatic carbocycles. The zero-order valence-corrected chi connectivity index (χ0v) is 15.0. The van der Waals surface area contributed by atoms with E-state index >= 15 is 0 Å². The van der Waals surface area contributed by atoms with E-state index in [9.17, 15) is 26.4 Å². The van der Waals surface area contributed by atoms with Crippen LogP contribution in [0, 0.1) is 0 Å². The molecule has 0 aliphatic heterocycles. The highest BCUT2D eigenvalue weighted by molar-refractivity contribution is 8.00. The molecule has 1 aromatic carbocycles. The van der Waals surface area contributed by atoms with Crippen molar-refractivity contribution < 1.29 is 26.4 Å². The standard InChI is InChI=1S/C15H14F3N3O3S2/c1-9(25-13-7-2-10(8-20-13)15(16,17)18)14(22)21-11-3-5-12(6-4-11)26(19,23)24/h2-9H,1H3,(H,21,22)(H2,19,23,24). The Morgan fingerprint density at radius 3 is 2.27 bits per heavy atom. The normalized spacial score (nSPS) is 13.3. The van der Waals surface area contributed by atoms with Gasteiger partial charge in [0.1, 0.15) is 0 Å². The fraction of sp³-hybridized carbons (Fsp3) is 0.200. The minimum absolute atomic E-state index is 0.0909. The van der Waals surface area contributed by atoms with E-state index in [1.807, 2.05) is 0 Å². The number of sulfonamides is 1. The first-order valence-electron chi connectivity index (χ1n) is 7.10. The Kier molecular flexibility index (Phi) is 5.94. The summed E-state index contributed by atoms with van der Waals surface area (Å²) < 4.78 is 59.8. The minimum Gasteiger partial charge on any atom is -0.325 e. The van der Waals surface area contributed by atoms with Gasteiger partial charge in [-0.05, 0) is 43.3 Å². The average Bonchev–Trinajstić information content (AvgIpc) is 2.54. The maximum Gasteiger partial charge on any atom is 0.417 e. The van der Waals surface area contributed by atoms with Crippen molar-refractivity contribution in [2.75, 3.05) is 5.32 Å². The molecule has 0 aliphatic rings. The number of primary sulfonamides is 1. The summed E-state index contributed by atoms with van der Waals surface area (Å²) in [5.74, 6) is -0.417. The quantitative estimate of drug-likeness (QED) is 0.745. The van der Waals surface area contributed by atoms with E-state index in [0.29, 0.717) is 11.9 Å². The lowest BCUT2D eigenvalue weighted by molar-refractivity contribution is -0.137. The summed E-state index contributed by atoms with van der Waals surface area (Å²) in [6, 6.07) is 7.35. The number of nitrogens with two attached hydrogens (primary N) is 1. The molecule has 1 aromatic heterocycles. The number of benzene rings is 1. The van der Waals surface area contributed by atoms with E-state index in [0.717, 1.165) is 17.8 Å². The number of thioether (sulfide) groups is 1. The van der Waals surface area contributed by atoms with Gasteiger partial charge in [-0.2, -0.15) is 13.2 Å². The van der Waals surface area contributed by atoms with Gasteiger partial charge in [0.25, 0.3) is 0 Å². The van der Waals surface area contributed by atoms with Crippen molar-refractivity contribution in [1.82, 2.24) is 4.98 Å². The number of aromatic nitrogens is 1. The van der Waals surface area contributed by atoms with Gasteiger partial charge in [-0.25, -0.2) is 18.5 Å². The smallest absolute Gasteiger partial charge is 0.325 e. The van der Waals surface area contributed by atoms with Gasteiger partial charge in [0.15, 0.2) is 0 Å². The van der Waals surface area contributed by atoms with Crippen LogP contribution in [0.25, 0.3) is 0 Å². The Bertz CT molecular complexity index is 883. The molecule has 0 saturated carbocycles. The topological polar surface area (TPSA) is 102 Å². The monoisotopic (exact) mass is 405 g/mol. The average molecular weight is 405 g/mol. The third kappa shape index (κ3) is 5.44. The molecule has 1 heterocycles. The number of carbonyl (C=O) groups is 1. The van der Waals surface area contributed by atoms with Crippen LogP contribution in [0.4, 0.5) is 18.9 Å². The van der Waals surface area contributed by atoms with Crippen molar-refractivity contribution in [2.24, 2.45) is 5.14 Å². The number of nitrogens with one attached hydrogen (secondary N) is 1. The van der Waals surface area contributed by atoms with E-state index in [4.69, 9.17) is 5.14 Å². The van der Waals surface area contributed by atoms with Crippen LogP contribution in [-0.2, 0) is 21.0 Å². The molecule has 0 bridgehead atoms. The van der Waals surface area contributed by atoms with Crippen molar-refractivity contribution in [1.29, 1.82) is 0 Å². The van der Waals surface area contributed by atoms with Crippen LogP contribution in [-0.4, -0.2) is 24.6 Å². The lowest BCUT2D eigenvalue weighted by Crippen LogP contribution is -2.22. The van der Waals surface area contributed by atoms with Gasteiger partial charge < -0.3 is 5.32 Å². The van der Waals surface area contributed by atoms with Gasteiger partial charge in [0.05, 0.1) is 20.7 Å². The van der Waals surface area contributed by atoms with Gasteiger partial charge in [-0.3, -0.25) is 4.79 Å². The SMILES string of the molecule is CC(Sc1ccc(C(F)(F)F)cn1)C(=O)Nc1ccc(S(N)(=O)=O)cc1. The summed E-state index contributed by atoms with van der Waals surface area (Å²) in [5, 5.41) is 7.18. The first kappa shape index (κ1) is 20.2. The molecule has 0 fully saturated rings. The van der Waals surface area contributed by atoms with Crippen molar-refractivity contribution in [3.05, 3.63) is 48.2 Å². The third-order valence-electron chi connectivity index (χ3n) is 3.18. The lowest BCUT2D eigenvalue weighted by atomic mass is 10.3. The summed E-state index contributed by atoms with van der Waals surface area (Å²) in [7, 11) is -3.82. The van der Waals surface area contributed by atoms with Gasteiger partial charge in [-0.1, -0.05) is 11.8 Å². The Hall–Kier alpha value is -2.11. The van der Waals surface area contributed by atoms with Crippen molar-refractivity contribution in [2.45, 2.75) is 28.3 Å². The molecule has 2 rings (SSSR count). The van der Waals surface area contributed by atoms with Crippen LogP contribution >= 0.6 is 11.8 Å². The van der Waals surface area contributed by atoms with Crippen LogP contribution in [0.1, 0.15) is 12.5 Å². The van der Waals surface area contributed by atoms with Crippen molar-refractivity contribution >= 4 is 33.4 Å². The summed E-state index contributed by atoms with van der Waals surface area (Å²) in [4.78, 5) is 15.7. The molecule has 0 saturated heterocycles. The van der Waals surface area contributed by atoms with Crippen molar-refractivity contribution in [3.8, 4) is 0 Å². The molecule has 26 heavy (non-hydrogen) atoms. The molecule has 0 spiro atoms. The number of hydrogen-bond donors (Lipinski definition) is 2. The number of hydrogen-bond acceptors (Lipinski definition) is 5. The Balaban J connectivity index is 1.99.